The molecule has 9 nitrogen and oxygen atoms in total. The number of aromatic nitrogens is 3. The fourth-order valence-corrected chi connectivity index (χ4v) is 4.21. The van der Waals surface area contributed by atoms with Crippen molar-refractivity contribution in [3.05, 3.63) is 18.6 Å². The smallest absolute Gasteiger partial charge is 0.338 e. The number of fused-ring (bicyclic) bond motifs is 1. The molecule has 3 atom stereocenters. The van der Waals surface area contributed by atoms with Crippen molar-refractivity contribution in [2.75, 3.05) is 25.0 Å². The summed E-state index contributed by atoms with van der Waals surface area (Å²) in [7, 11) is 2.00. The van der Waals surface area contributed by atoms with E-state index in [4.69, 9.17) is 9.47 Å². The van der Waals surface area contributed by atoms with E-state index >= 15 is 0 Å². The zero-order valence-corrected chi connectivity index (χ0v) is 17.2. The maximum atomic E-state index is 12.9. The molecule has 3 unspecified atom stereocenters. The van der Waals surface area contributed by atoms with E-state index in [2.05, 4.69) is 26.8 Å². The van der Waals surface area contributed by atoms with Crippen LogP contribution >= 0.6 is 0 Å². The van der Waals surface area contributed by atoms with E-state index in [9.17, 15) is 9.59 Å². The van der Waals surface area contributed by atoms with Gasteiger partial charge >= 0.3 is 5.97 Å². The van der Waals surface area contributed by atoms with Crippen LogP contribution in [-0.2, 0) is 19.1 Å². The van der Waals surface area contributed by atoms with E-state index in [1.54, 1.807) is 20.2 Å². The quantitative estimate of drug-likeness (QED) is 0.778. The number of esters is 1. The highest BCUT2D eigenvalue weighted by molar-refractivity contribution is 5.88. The van der Waals surface area contributed by atoms with Crippen LogP contribution in [0.3, 0.4) is 0 Å². The number of likely N-dealkylation sites (N-methyl/N-ethyl adjacent to an activating group) is 1. The van der Waals surface area contributed by atoms with Gasteiger partial charge in [-0.05, 0) is 18.4 Å². The summed E-state index contributed by atoms with van der Waals surface area (Å²) in [5, 5.41) is 0.954. The lowest BCUT2D eigenvalue weighted by molar-refractivity contribution is -0.161. The highest BCUT2D eigenvalue weighted by Gasteiger charge is 2.43. The average molecular weight is 401 g/mol. The maximum Gasteiger partial charge on any atom is 0.338 e. The molecule has 2 aromatic rings. The first-order valence-electron chi connectivity index (χ1n) is 9.94. The third-order valence-corrected chi connectivity index (χ3v) is 5.83. The van der Waals surface area contributed by atoms with Gasteiger partial charge in [-0.25, -0.2) is 14.8 Å². The third kappa shape index (κ3) is 3.78. The number of nitrogens with zero attached hydrogens (tertiary/aromatic N) is 4. The van der Waals surface area contributed by atoms with Crippen LogP contribution in [0, 0.1) is 5.92 Å². The Morgan fingerprint density at radius 1 is 1.41 bits per heavy atom. The summed E-state index contributed by atoms with van der Waals surface area (Å²) in [5.41, 5.74) is 0.790. The number of aromatic amines is 1. The van der Waals surface area contributed by atoms with Crippen LogP contribution in [0.1, 0.15) is 33.6 Å². The predicted molar refractivity (Wildman–Crippen MR) is 106 cm³/mol. The molecule has 0 aromatic carbocycles. The first-order chi connectivity index (χ1) is 13.7. The molecule has 0 saturated carbocycles. The summed E-state index contributed by atoms with van der Waals surface area (Å²) >= 11 is 0. The molecule has 9 heteroatoms. The Bertz CT molecular complexity index is 926. The highest BCUT2D eigenvalue weighted by Crippen LogP contribution is 2.30. The molecule has 0 radical (unpaired) electrons. The van der Waals surface area contributed by atoms with Crippen LogP contribution in [0.15, 0.2) is 18.6 Å². The molecule has 2 saturated heterocycles. The van der Waals surface area contributed by atoms with Gasteiger partial charge in [-0.3, -0.25) is 4.79 Å². The van der Waals surface area contributed by atoms with Gasteiger partial charge in [0.15, 0.2) is 6.10 Å². The van der Waals surface area contributed by atoms with Crippen molar-refractivity contribution in [1.82, 2.24) is 19.9 Å². The van der Waals surface area contributed by atoms with Gasteiger partial charge < -0.3 is 24.3 Å². The molecule has 29 heavy (non-hydrogen) atoms. The topological polar surface area (TPSA) is 101 Å². The Balaban J connectivity index is 1.47. The second kappa shape index (κ2) is 7.29. The summed E-state index contributed by atoms with van der Waals surface area (Å²) < 4.78 is 10.7. The number of nitrogens with one attached hydrogen (secondary N) is 1. The number of H-pyrrole nitrogens is 1. The number of rotatable bonds is 4. The van der Waals surface area contributed by atoms with E-state index in [1.165, 1.54) is 0 Å². The maximum absolute atomic E-state index is 12.9. The van der Waals surface area contributed by atoms with Gasteiger partial charge in [-0.1, -0.05) is 6.92 Å². The van der Waals surface area contributed by atoms with Gasteiger partial charge in [0.25, 0.3) is 0 Å². The highest BCUT2D eigenvalue weighted by atomic mass is 16.8. The van der Waals surface area contributed by atoms with E-state index in [-0.39, 0.29) is 18.4 Å². The Morgan fingerprint density at radius 3 is 2.93 bits per heavy atom. The second-order valence-corrected chi connectivity index (χ2v) is 8.35. The molecule has 2 fully saturated rings. The van der Waals surface area contributed by atoms with Crippen LogP contribution in [0.4, 0.5) is 5.82 Å². The number of hydrogen-bond donors (Lipinski definition) is 1. The molecule has 0 aliphatic carbocycles. The monoisotopic (exact) mass is 401 g/mol. The Labute approximate surface area is 169 Å². The largest absolute Gasteiger partial charge is 0.432 e. The summed E-state index contributed by atoms with van der Waals surface area (Å²) in [6.45, 7) is 6.77. The van der Waals surface area contributed by atoms with Gasteiger partial charge in [0.1, 0.15) is 17.8 Å². The number of hydrogen-bond acceptors (Lipinski definition) is 7. The normalized spacial score (nSPS) is 26.6. The van der Waals surface area contributed by atoms with Crippen molar-refractivity contribution >= 4 is 28.7 Å². The number of carbonyl (C=O) groups excluding carboxylic acids is 2. The fraction of sp³-hybridized carbons (Fsp3) is 0.600. The van der Waals surface area contributed by atoms with Crippen molar-refractivity contribution in [3.8, 4) is 0 Å². The summed E-state index contributed by atoms with van der Waals surface area (Å²) in [6.07, 6.45) is 3.44. The lowest BCUT2D eigenvalue weighted by Crippen LogP contribution is -2.53. The van der Waals surface area contributed by atoms with Crippen LogP contribution in [0.5, 0.6) is 0 Å². The molecule has 1 N–H and O–H groups in total. The Kier molecular flexibility index (Phi) is 4.94. The van der Waals surface area contributed by atoms with Crippen molar-refractivity contribution in [1.29, 1.82) is 0 Å². The minimum Gasteiger partial charge on any atom is -0.432 e. The number of ether oxygens (including phenoxy) is 2. The van der Waals surface area contributed by atoms with Crippen molar-refractivity contribution in [2.24, 2.45) is 5.92 Å². The second-order valence-electron chi connectivity index (χ2n) is 8.35. The first kappa shape index (κ1) is 19.6. The van der Waals surface area contributed by atoms with Crippen LogP contribution in [0.25, 0.3) is 11.0 Å². The average Bonchev–Trinajstić information content (AvgIpc) is 3.24. The molecule has 1 amide bonds. The van der Waals surface area contributed by atoms with Crippen molar-refractivity contribution < 1.29 is 19.1 Å². The van der Waals surface area contributed by atoms with Crippen molar-refractivity contribution in [2.45, 2.75) is 51.5 Å². The minimum atomic E-state index is -0.976. The molecule has 0 spiro atoms. The van der Waals surface area contributed by atoms with Gasteiger partial charge in [-0.2, -0.15) is 0 Å². The van der Waals surface area contributed by atoms with Gasteiger partial charge in [0, 0.05) is 40.2 Å². The molecular weight excluding hydrogens is 374 g/mol. The standard InChI is InChI=1S/C20H27N5O4/c1-12-6-8-25(16(26)9-15-19(27)29-20(2,3)28-15)10-14(12)24(4)18-13-5-7-21-17(13)22-11-23-18/h5,7,11-12,14-15H,6,8-10H2,1-4H3,(H,21,22,23). The number of piperidine rings is 1. The molecule has 2 aliphatic rings. The SMILES string of the molecule is CC1CCN(C(=O)CC2OC(C)(C)OC2=O)CC1N(C)c1ncnc2[nH]ccc12. The lowest BCUT2D eigenvalue weighted by atomic mass is 9.92. The third-order valence-electron chi connectivity index (χ3n) is 5.83. The first-order valence-corrected chi connectivity index (χ1v) is 9.94. The van der Waals surface area contributed by atoms with E-state index in [0.717, 1.165) is 23.3 Å². The Morgan fingerprint density at radius 2 is 2.21 bits per heavy atom. The predicted octanol–water partition coefficient (Wildman–Crippen LogP) is 1.70. The van der Waals surface area contributed by atoms with E-state index < -0.39 is 17.9 Å². The van der Waals surface area contributed by atoms with Crippen molar-refractivity contribution in [3.63, 3.8) is 0 Å². The molecule has 4 rings (SSSR count). The molecule has 156 valence electrons. The molecule has 2 aromatic heterocycles. The van der Waals surface area contributed by atoms with Crippen LogP contribution in [0.2, 0.25) is 0 Å². The van der Waals surface area contributed by atoms with Gasteiger partial charge in [0.2, 0.25) is 11.7 Å². The van der Waals surface area contributed by atoms with Gasteiger partial charge in [-0.15, -0.1) is 0 Å². The van der Waals surface area contributed by atoms with Crippen LogP contribution < -0.4 is 4.90 Å². The number of cyclic esters (lactones) is 1. The number of likely N-dealkylation sites (tertiary alicyclic amines) is 1. The van der Waals surface area contributed by atoms with E-state index in [1.807, 2.05) is 24.2 Å². The minimum absolute atomic E-state index is 0.00262. The fourth-order valence-electron chi connectivity index (χ4n) is 4.21. The number of anilines is 1. The van der Waals surface area contributed by atoms with Gasteiger partial charge in [0.05, 0.1) is 17.8 Å². The summed E-state index contributed by atoms with van der Waals surface area (Å²) in [4.78, 5) is 40.6. The molecule has 2 aliphatic heterocycles. The molecule has 4 heterocycles. The zero-order valence-electron chi connectivity index (χ0n) is 17.2. The summed E-state index contributed by atoms with van der Waals surface area (Å²) in [6, 6.07) is 2.07. The Hall–Kier alpha value is -2.68. The molecular formula is C20H27N5O4. The number of carbonyl (C=O) groups is 2. The zero-order chi connectivity index (χ0) is 20.8. The number of amides is 1. The lowest BCUT2D eigenvalue weighted by Gasteiger charge is -2.42. The van der Waals surface area contributed by atoms with Crippen LogP contribution in [-0.4, -0.2) is 69.8 Å². The van der Waals surface area contributed by atoms with E-state index in [0.29, 0.717) is 19.0 Å². The molecule has 0 bridgehead atoms. The summed E-state index contributed by atoms with van der Waals surface area (Å²) in [5.74, 6) is -0.315.